The topological polar surface area (TPSA) is 92.3 Å². The number of hydrogen-bond donors (Lipinski definition) is 1. The maximum Gasteiger partial charge on any atom is 0.310 e. The van der Waals surface area contributed by atoms with E-state index in [1.807, 2.05) is 26.0 Å². The third kappa shape index (κ3) is 4.13. The molecule has 27 heavy (non-hydrogen) atoms. The van der Waals surface area contributed by atoms with E-state index in [1.54, 1.807) is 6.26 Å². The van der Waals surface area contributed by atoms with Crippen LogP contribution >= 0.6 is 0 Å². The fourth-order valence-corrected chi connectivity index (χ4v) is 3.60. The minimum absolute atomic E-state index is 0.0339. The Balaban J connectivity index is 1.56. The highest BCUT2D eigenvalue weighted by molar-refractivity contribution is 5.89. The number of carbonyl (C=O) groups is 2. The Bertz CT molecular complexity index is 901. The summed E-state index contributed by atoms with van der Waals surface area (Å²) in [6.07, 6.45) is 5.79. The van der Waals surface area contributed by atoms with Crippen LogP contribution in [0, 0.1) is 25.2 Å². The lowest BCUT2D eigenvalue weighted by molar-refractivity contribution is -0.148. The molecule has 0 radical (unpaired) electrons. The zero-order chi connectivity index (χ0) is 19.4. The summed E-state index contributed by atoms with van der Waals surface area (Å²) < 4.78 is 10.7. The summed E-state index contributed by atoms with van der Waals surface area (Å²) in [6.45, 7) is 3.60. The van der Waals surface area contributed by atoms with Crippen LogP contribution in [0.3, 0.4) is 0 Å². The zero-order valence-corrected chi connectivity index (χ0v) is 15.8. The number of carbonyl (C=O) groups excluding carboxylic acids is 2. The van der Waals surface area contributed by atoms with Crippen LogP contribution in [0.4, 0.5) is 0 Å². The van der Waals surface area contributed by atoms with Crippen LogP contribution in [-0.2, 0) is 20.7 Å². The smallest absolute Gasteiger partial charge is 0.310 e. The van der Waals surface area contributed by atoms with Gasteiger partial charge in [0.15, 0.2) is 6.61 Å². The van der Waals surface area contributed by atoms with Gasteiger partial charge in [-0.25, -0.2) is 0 Å². The molecule has 6 heteroatoms. The van der Waals surface area contributed by atoms with Crippen molar-refractivity contribution in [2.45, 2.75) is 57.9 Å². The molecule has 0 atom stereocenters. The molecule has 1 fully saturated rings. The predicted molar refractivity (Wildman–Crippen MR) is 99.9 cm³/mol. The summed E-state index contributed by atoms with van der Waals surface area (Å²) >= 11 is 0. The second-order valence-electron chi connectivity index (χ2n) is 7.29. The van der Waals surface area contributed by atoms with Crippen molar-refractivity contribution in [3.63, 3.8) is 0 Å². The van der Waals surface area contributed by atoms with Gasteiger partial charge in [-0.15, -0.1) is 0 Å². The van der Waals surface area contributed by atoms with Gasteiger partial charge in [0.1, 0.15) is 11.1 Å². The number of fused-ring (bicyclic) bond motifs is 1. The Morgan fingerprint density at radius 3 is 2.70 bits per heavy atom. The first kappa shape index (κ1) is 19.0. The summed E-state index contributed by atoms with van der Waals surface area (Å²) in [5.41, 5.74) is 2.85. The molecule has 2 aromatic rings. The van der Waals surface area contributed by atoms with Gasteiger partial charge >= 0.3 is 5.97 Å². The van der Waals surface area contributed by atoms with Gasteiger partial charge in [-0.1, -0.05) is 31.4 Å². The van der Waals surface area contributed by atoms with E-state index in [9.17, 15) is 14.9 Å². The lowest BCUT2D eigenvalue weighted by Crippen LogP contribution is -2.50. The van der Waals surface area contributed by atoms with E-state index in [0.29, 0.717) is 12.8 Å². The number of aryl methyl sites for hydroxylation is 2. The van der Waals surface area contributed by atoms with Gasteiger partial charge in [0.25, 0.3) is 5.91 Å². The molecule has 1 aromatic heterocycles. The van der Waals surface area contributed by atoms with E-state index in [0.717, 1.165) is 46.9 Å². The van der Waals surface area contributed by atoms with Gasteiger partial charge in [-0.2, -0.15) is 5.26 Å². The Kier molecular flexibility index (Phi) is 5.50. The molecule has 3 rings (SSSR count). The molecule has 1 saturated carbocycles. The Hall–Kier alpha value is -2.81. The normalized spacial score (nSPS) is 15.9. The number of rotatable bonds is 5. The summed E-state index contributed by atoms with van der Waals surface area (Å²) in [5.74, 6) is -0.934. The quantitative estimate of drug-likeness (QED) is 0.816. The van der Waals surface area contributed by atoms with Crippen LogP contribution in [0.5, 0.6) is 0 Å². The molecular weight excluding hydrogens is 344 g/mol. The van der Waals surface area contributed by atoms with Crippen LogP contribution in [0.15, 0.2) is 22.8 Å². The second kappa shape index (κ2) is 7.83. The van der Waals surface area contributed by atoms with Crippen molar-refractivity contribution < 1.29 is 18.7 Å². The van der Waals surface area contributed by atoms with Gasteiger partial charge in [-0.3, -0.25) is 9.59 Å². The predicted octanol–water partition coefficient (Wildman–Crippen LogP) is 3.48. The molecule has 0 spiro atoms. The van der Waals surface area contributed by atoms with Crippen molar-refractivity contribution in [2.24, 2.45) is 0 Å². The third-order valence-electron chi connectivity index (χ3n) is 5.34. The first-order valence-corrected chi connectivity index (χ1v) is 9.28. The molecule has 6 nitrogen and oxygen atoms in total. The fraction of sp³-hybridized carbons (Fsp3) is 0.476. The average molecular weight is 368 g/mol. The van der Waals surface area contributed by atoms with Gasteiger partial charge in [0.05, 0.1) is 18.8 Å². The standard InChI is InChI=1S/C21H24N2O4/c1-14-6-7-17-16(11-27-20(17)15(14)2)10-19(25)26-12-18(24)23-21(13-22)8-4-3-5-9-21/h6-7,11H,3-5,8-10,12H2,1-2H3,(H,23,24). The Labute approximate surface area is 158 Å². The van der Waals surface area contributed by atoms with Crippen molar-refractivity contribution in [2.75, 3.05) is 6.61 Å². The number of nitriles is 1. The highest BCUT2D eigenvalue weighted by Crippen LogP contribution is 2.28. The number of nitrogens with one attached hydrogen (secondary N) is 1. The number of furan rings is 1. The third-order valence-corrected chi connectivity index (χ3v) is 5.34. The molecule has 1 N–H and O–H groups in total. The second-order valence-corrected chi connectivity index (χ2v) is 7.29. The summed E-state index contributed by atoms with van der Waals surface area (Å²) in [5, 5.41) is 13.0. The number of hydrogen-bond acceptors (Lipinski definition) is 5. The van der Waals surface area contributed by atoms with Crippen LogP contribution in [0.2, 0.25) is 0 Å². The maximum absolute atomic E-state index is 12.1. The van der Waals surface area contributed by atoms with Crippen molar-refractivity contribution >= 4 is 22.8 Å². The number of nitrogens with zero attached hydrogens (tertiary/aromatic N) is 1. The first-order chi connectivity index (χ1) is 12.9. The van der Waals surface area contributed by atoms with Crippen molar-refractivity contribution in [3.8, 4) is 6.07 Å². The minimum Gasteiger partial charge on any atom is -0.464 e. The van der Waals surface area contributed by atoms with Gasteiger partial charge < -0.3 is 14.5 Å². The molecule has 0 bridgehead atoms. The summed E-state index contributed by atoms with van der Waals surface area (Å²) in [7, 11) is 0. The van der Waals surface area contributed by atoms with E-state index in [1.165, 1.54) is 0 Å². The average Bonchev–Trinajstić information content (AvgIpc) is 3.07. The van der Waals surface area contributed by atoms with Crippen LogP contribution < -0.4 is 5.32 Å². The zero-order valence-electron chi connectivity index (χ0n) is 15.8. The van der Waals surface area contributed by atoms with Crippen molar-refractivity contribution in [1.82, 2.24) is 5.32 Å². The van der Waals surface area contributed by atoms with E-state index < -0.39 is 17.4 Å². The van der Waals surface area contributed by atoms with Gasteiger partial charge in [0.2, 0.25) is 0 Å². The lowest BCUT2D eigenvalue weighted by atomic mass is 9.83. The Morgan fingerprint density at radius 1 is 1.26 bits per heavy atom. The van der Waals surface area contributed by atoms with E-state index >= 15 is 0 Å². The van der Waals surface area contributed by atoms with Crippen LogP contribution in [0.1, 0.15) is 48.8 Å². The minimum atomic E-state index is -0.822. The fourth-order valence-electron chi connectivity index (χ4n) is 3.60. The van der Waals surface area contributed by atoms with Gasteiger partial charge in [0, 0.05) is 10.9 Å². The highest BCUT2D eigenvalue weighted by atomic mass is 16.5. The molecule has 1 aliphatic carbocycles. The molecule has 1 heterocycles. The van der Waals surface area contributed by atoms with Crippen molar-refractivity contribution in [3.05, 3.63) is 35.1 Å². The molecular formula is C21H24N2O4. The monoisotopic (exact) mass is 368 g/mol. The summed E-state index contributed by atoms with van der Waals surface area (Å²) in [6, 6.07) is 6.13. The Morgan fingerprint density at radius 2 is 2.00 bits per heavy atom. The van der Waals surface area contributed by atoms with Crippen molar-refractivity contribution in [1.29, 1.82) is 5.26 Å². The SMILES string of the molecule is Cc1ccc2c(CC(=O)OCC(=O)NC3(C#N)CCCCC3)coc2c1C. The number of amides is 1. The first-order valence-electron chi connectivity index (χ1n) is 9.28. The van der Waals surface area contributed by atoms with Gasteiger partial charge in [-0.05, 0) is 37.8 Å². The molecule has 1 aromatic carbocycles. The van der Waals surface area contributed by atoms with Crippen LogP contribution in [-0.4, -0.2) is 24.0 Å². The molecule has 1 amide bonds. The molecule has 1 aliphatic rings. The van der Waals surface area contributed by atoms with E-state index in [-0.39, 0.29) is 13.0 Å². The van der Waals surface area contributed by atoms with E-state index in [2.05, 4.69) is 11.4 Å². The number of ether oxygens (including phenoxy) is 1. The molecule has 0 saturated heterocycles. The molecule has 0 aliphatic heterocycles. The maximum atomic E-state index is 12.1. The largest absolute Gasteiger partial charge is 0.464 e. The molecule has 0 unspecified atom stereocenters. The van der Waals surface area contributed by atoms with E-state index in [4.69, 9.17) is 9.15 Å². The highest BCUT2D eigenvalue weighted by Gasteiger charge is 2.33. The lowest BCUT2D eigenvalue weighted by Gasteiger charge is -2.31. The number of esters is 1. The summed E-state index contributed by atoms with van der Waals surface area (Å²) in [4.78, 5) is 24.3. The molecule has 142 valence electrons. The number of benzene rings is 1. The van der Waals surface area contributed by atoms with Crippen LogP contribution in [0.25, 0.3) is 11.0 Å².